The average molecular weight is 504 g/mol. The molecule has 0 spiro atoms. The summed E-state index contributed by atoms with van der Waals surface area (Å²) in [5.74, 6) is 1.35. The van der Waals surface area contributed by atoms with Crippen molar-refractivity contribution in [2.45, 2.75) is 91.4 Å². The van der Waals surface area contributed by atoms with E-state index in [1.54, 1.807) is 0 Å². The van der Waals surface area contributed by atoms with Gasteiger partial charge in [-0.15, -0.1) is 0 Å². The second kappa shape index (κ2) is 15.1. The third-order valence-electron chi connectivity index (χ3n) is 6.90. The Labute approximate surface area is 224 Å². The van der Waals surface area contributed by atoms with Gasteiger partial charge in [-0.25, -0.2) is 0 Å². The predicted molar refractivity (Wildman–Crippen MR) is 154 cm³/mol. The van der Waals surface area contributed by atoms with E-state index in [0.717, 1.165) is 55.7 Å². The Balaban J connectivity index is 2.59. The number of aldehydes is 1. The van der Waals surface area contributed by atoms with Crippen molar-refractivity contribution in [2.24, 2.45) is 0 Å². The highest BCUT2D eigenvalue weighted by molar-refractivity contribution is 5.58. The van der Waals surface area contributed by atoms with E-state index in [1.165, 1.54) is 24.0 Å². The SMILES string of the molecule is C=CC1=C(/C=C\C)O/C(=C(/C#N)CC(C)(CCCCCC)c2cc(C)ccc2NCCC=O)N1CCC. The number of allylic oxidation sites excluding steroid dienone is 4. The first-order valence-electron chi connectivity index (χ1n) is 13.8. The molecular weight excluding hydrogens is 458 g/mol. The zero-order valence-electron chi connectivity index (χ0n) is 23.5. The molecule has 0 saturated heterocycles. The zero-order chi connectivity index (χ0) is 27.3. The van der Waals surface area contributed by atoms with Gasteiger partial charge in [-0.05, 0) is 62.3 Å². The Morgan fingerprint density at radius 2 is 2.03 bits per heavy atom. The Morgan fingerprint density at radius 1 is 1.24 bits per heavy atom. The summed E-state index contributed by atoms with van der Waals surface area (Å²) in [5.41, 5.74) is 4.65. The van der Waals surface area contributed by atoms with E-state index in [1.807, 2.05) is 25.2 Å². The fraction of sp³-hybridized carbons (Fsp3) is 0.500. The fourth-order valence-electron chi connectivity index (χ4n) is 5.00. The minimum atomic E-state index is -0.291. The Hall–Kier alpha value is -3.26. The van der Waals surface area contributed by atoms with Crippen molar-refractivity contribution < 1.29 is 9.53 Å². The molecule has 0 radical (unpaired) electrons. The van der Waals surface area contributed by atoms with Crippen molar-refractivity contribution in [3.63, 3.8) is 0 Å². The number of hydrogen-bond donors (Lipinski definition) is 1. The zero-order valence-corrected chi connectivity index (χ0v) is 23.5. The lowest BCUT2D eigenvalue weighted by Gasteiger charge is -2.34. The number of unbranched alkanes of at least 4 members (excludes halogenated alkanes) is 3. The predicted octanol–water partition coefficient (Wildman–Crippen LogP) is 8.07. The van der Waals surface area contributed by atoms with Crippen molar-refractivity contribution >= 4 is 12.0 Å². The van der Waals surface area contributed by atoms with E-state index in [9.17, 15) is 10.1 Å². The molecule has 5 heteroatoms. The molecule has 1 N–H and O–H groups in total. The van der Waals surface area contributed by atoms with Gasteiger partial charge in [0.25, 0.3) is 0 Å². The van der Waals surface area contributed by atoms with Crippen molar-refractivity contribution in [3.8, 4) is 6.07 Å². The van der Waals surface area contributed by atoms with Crippen molar-refractivity contribution in [1.29, 1.82) is 5.26 Å². The highest BCUT2D eigenvalue weighted by Gasteiger charge is 2.35. The lowest BCUT2D eigenvalue weighted by Crippen LogP contribution is -2.27. The number of carbonyl (C=O) groups is 1. The first-order valence-corrected chi connectivity index (χ1v) is 13.8. The maximum atomic E-state index is 11.0. The largest absolute Gasteiger partial charge is 0.438 e. The second-order valence-corrected chi connectivity index (χ2v) is 10.1. The molecule has 5 nitrogen and oxygen atoms in total. The molecule has 200 valence electrons. The van der Waals surface area contributed by atoms with Crippen LogP contribution in [0.1, 0.15) is 90.2 Å². The Kier molecular flexibility index (Phi) is 12.2. The number of carbonyl (C=O) groups excluding carboxylic acids is 1. The van der Waals surface area contributed by atoms with Gasteiger partial charge in [-0.3, -0.25) is 0 Å². The highest BCUT2D eigenvalue weighted by atomic mass is 16.5. The van der Waals surface area contributed by atoms with Crippen LogP contribution in [0.5, 0.6) is 0 Å². The third kappa shape index (κ3) is 7.86. The van der Waals surface area contributed by atoms with Gasteiger partial charge in [0.1, 0.15) is 12.4 Å². The summed E-state index contributed by atoms with van der Waals surface area (Å²) in [4.78, 5) is 13.1. The van der Waals surface area contributed by atoms with Gasteiger partial charge in [0, 0.05) is 25.2 Å². The molecule has 1 aromatic rings. The van der Waals surface area contributed by atoms with Crippen LogP contribution in [0.3, 0.4) is 0 Å². The van der Waals surface area contributed by atoms with E-state index in [0.29, 0.717) is 30.8 Å². The van der Waals surface area contributed by atoms with Crippen LogP contribution >= 0.6 is 0 Å². The normalized spacial score (nSPS) is 16.4. The van der Waals surface area contributed by atoms with Crippen LogP contribution in [0, 0.1) is 18.3 Å². The van der Waals surface area contributed by atoms with Crippen LogP contribution in [0.25, 0.3) is 0 Å². The van der Waals surface area contributed by atoms with Gasteiger partial charge in [-0.1, -0.05) is 76.8 Å². The molecule has 37 heavy (non-hydrogen) atoms. The van der Waals surface area contributed by atoms with Crippen LogP contribution in [0.4, 0.5) is 5.69 Å². The maximum Gasteiger partial charge on any atom is 0.214 e. The molecule has 1 aliphatic heterocycles. The summed E-state index contributed by atoms with van der Waals surface area (Å²) in [5, 5.41) is 13.9. The summed E-state index contributed by atoms with van der Waals surface area (Å²) < 4.78 is 6.33. The van der Waals surface area contributed by atoms with Gasteiger partial charge in [0.2, 0.25) is 5.88 Å². The fourth-order valence-corrected chi connectivity index (χ4v) is 5.00. The van der Waals surface area contributed by atoms with Gasteiger partial charge in [0.05, 0.1) is 11.3 Å². The van der Waals surface area contributed by atoms with Gasteiger partial charge in [-0.2, -0.15) is 5.26 Å². The van der Waals surface area contributed by atoms with Crippen LogP contribution < -0.4 is 5.32 Å². The van der Waals surface area contributed by atoms with E-state index in [2.05, 4.69) is 68.8 Å². The Bertz CT molecular complexity index is 1060. The summed E-state index contributed by atoms with van der Waals surface area (Å²) >= 11 is 0. The van der Waals surface area contributed by atoms with Gasteiger partial charge >= 0.3 is 0 Å². The number of nitrogens with one attached hydrogen (secondary N) is 1. The van der Waals surface area contributed by atoms with Crippen molar-refractivity contribution in [2.75, 3.05) is 18.4 Å². The molecule has 1 atom stereocenters. The lowest BCUT2D eigenvalue weighted by atomic mass is 9.72. The van der Waals surface area contributed by atoms with Crippen LogP contribution in [-0.2, 0) is 14.9 Å². The number of aryl methyl sites for hydroxylation is 1. The standard InChI is InChI=1S/C32H45N3O2/c1-7-11-12-13-18-32(6,27-22-25(5)16-17-28(27)34-19-14-21-36)23-26(24-33)31-35(20-9-3)29(10-4)30(37-31)15-8-2/h8,10,15-17,21-22,34H,4,7,9,11-14,18-20,23H2,1-3,5-6H3/b15-8-,31-26+. The quantitative estimate of drug-likeness (QED) is 0.140. The molecule has 1 aliphatic rings. The van der Waals surface area contributed by atoms with E-state index in [-0.39, 0.29) is 5.41 Å². The molecule has 0 aromatic heterocycles. The first kappa shape index (κ1) is 30.0. The topological polar surface area (TPSA) is 65.4 Å². The summed E-state index contributed by atoms with van der Waals surface area (Å²) in [6.07, 6.45) is 14.1. The molecule has 1 unspecified atom stereocenters. The minimum Gasteiger partial charge on any atom is -0.438 e. The number of nitriles is 1. The Morgan fingerprint density at radius 3 is 2.65 bits per heavy atom. The molecule has 0 bridgehead atoms. The number of rotatable bonds is 16. The molecule has 0 fully saturated rings. The van der Waals surface area contributed by atoms with E-state index < -0.39 is 0 Å². The number of benzene rings is 1. The number of anilines is 1. The van der Waals surface area contributed by atoms with Crippen molar-refractivity contribution in [3.05, 3.63) is 77.0 Å². The van der Waals surface area contributed by atoms with Crippen LogP contribution in [0.15, 0.2) is 65.9 Å². The average Bonchev–Trinajstić information content (AvgIpc) is 3.23. The van der Waals surface area contributed by atoms with E-state index in [4.69, 9.17) is 4.74 Å². The van der Waals surface area contributed by atoms with Crippen LogP contribution in [-0.4, -0.2) is 24.3 Å². The molecule has 0 amide bonds. The lowest BCUT2D eigenvalue weighted by molar-refractivity contribution is -0.107. The molecular formula is C32H45N3O2. The van der Waals surface area contributed by atoms with Gasteiger partial charge < -0.3 is 19.7 Å². The summed E-state index contributed by atoms with van der Waals surface area (Å²) in [7, 11) is 0. The summed E-state index contributed by atoms with van der Waals surface area (Å²) in [6, 6.07) is 8.96. The monoisotopic (exact) mass is 503 g/mol. The molecule has 1 heterocycles. The second-order valence-electron chi connectivity index (χ2n) is 10.1. The summed E-state index contributed by atoms with van der Waals surface area (Å²) in [6.45, 7) is 16.0. The smallest absolute Gasteiger partial charge is 0.214 e. The first-order chi connectivity index (χ1) is 17.9. The maximum absolute atomic E-state index is 11.0. The third-order valence-corrected chi connectivity index (χ3v) is 6.90. The molecule has 0 saturated carbocycles. The molecule has 0 aliphatic carbocycles. The van der Waals surface area contributed by atoms with Gasteiger partial charge in [0.15, 0.2) is 5.76 Å². The number of hydrogen-bond acceptors (Lipinski definition) is 5. The minimum absolute atomic E-state index is 0.291. The van der Waals surface area contributed by atoms with Crippen molar-refractivity contribution in [1.82, 2.24) is 4.90 Å². The molecule has 1 aromatic carbocycles. The number of ether oxygens (including phenoxy) is 1. The molecule has 2 rings (SSSR count). The highest BCUT2D eigenvalue weighted by Crippen LogP contribution is 2.43. The van der Waals surface area contributed by atoms with Crippen LogP contribution in [0.2, 0.25) is 0 Å². The number of nitrogens with zero attached hydrogens (tertiary/aromatic N) is 2. The van der Waals surface area contributed by atoms with E-state index >= 15 is 0 Å².